The highest BCUT2D eigenvalue weighted by Gasteiger charge is 2.68. The van der Waals surface area contributed by atoms with Gasteiger partial charge in [0.2, 0.25) is 5.78 Å². The molecule has 0 radical (unpaired) electrons. The van der Waals surface area contributed by atoms with Gasteiger partial charge >= 0.3 is 11.9 Å². The molecule has 5 N–H and O–H groups in total. The standard InChI is InChI=1S/C26H37NO8/c1-24-9-7-15(28)11-14(24)3-4-16-17-8-10-26(34,25(17,2)12-19(29)22(16)24)20(30)13-35-23(33)18(27)5-6-21(31)32/h11,16-19,22,29,34H,3-10,12-13,27H2,1-2H3,(H,31,32)/t16-,17+,18+,19+,22+,24+,25+,26-/m0/s1. The number of Topliss-reactive ketones (excluding diaryl/α,β-unsaturated/α-hetero) is 1. The Bertz CT molecular complexity index is 961. The zero-order chi connectivity index (χ0) is 25.8. The van der Waals surface area contributed by atoms with E-state index in [4.69, 9.17) is 15.6 Å². The second kappa shape index (κ2) is 9.09. The van der Waals surface area contributed by atoms with Gasteiger partial charge in [0.05, 0.1) is 6.10 Å². The molecule has 0 aromatic carbocycles. The summed E-state index contributed by atoms with van der Waals surface area (Å²) in [6.07, 6.45) is 4.51. The third-order valence-electron chi connectivity index (χ3n) is 9.83. The molecule has 0 aliphatic heterocycles. The van der Waals surface area contributed by atoms with Crippen LogP contribution in [0, 0.1) is 28.6 Å². The van der Waals surface area contributed by atoms with E-state index >= 15 is 0 Å². The minimum Gasteiger partial charge on any atom is -0.481 e. The molecule has 0 amide bonds. The van der Waals surface area contributed by atoms with Gasteiger partial charge in [-0.05, 0) is 74.2 Å². The molecule has 9 nitrogen and oxygen atoms in total. The lowest BCUT2D eigenvalue weighted by atomic mass is 9.45. The number of ether oxygens (including phenoxy) is 1. The molecule has 8 atom stereocenters. The van der Waals surface area contributed by atoms with Crippen LogP contribution in [0.15, 0.2) is 11.6 Å². The van der Waals surface area contributed by atoms with Gasteiger partial charge in [0.25, 0.3) is 0 Å². The van der Waals surface area contributed by atoms with Gasteiger partial charge in [-0.25, -0.2) is 0 Å². The number of carbonyl (C=O) groups is 4. The molecule has 35 heavy (non-hydrogen) atoms. The van der Waals surface area contributed by atoms with Gasteiger partial charge < -0.3 is 25.8 Å². The fraction of sp³-hybridized carbons (Fsp3) is 0.769. The van der Waals surface area contributed by atoms with Crippen LogP contribution >= 0.6 is 0 Å². The number of fused-ring (bicyclic) bond motifs is 5. The van der Waals surface area contributed by atoms with Crippen molar-refractivity contribution in [1.29, 1.82) is 0 Å². The molecule has 0 bridgehead atoms. The summed E-state index contributed by atoms with van der Waals surface area (Å²) in [5.41, 5.74) is 3.91. The third-order valence-corrected chi connectivity index (χ3v) is 9.83. The Morgan fingerprint density at radius 2 is 1.91 bits per heavy atom. The minimum absolute atomic E-state index is 0.0226. The molecule has 0 aromatic heterocycles. The molecule has 9 heteroatoms. The number of carbonyl (C=O) groups excluding carboxylic acids is 3. The Labute approximate surface area is 205 Å². The molecule has 3 fully saturated rings. The van der Waals surface area contributed by atoms with Gasteiger partial charge in [0.15, 0.2) is 12.4 Å². The Kier molecular flexibility index (Phi) is 6.74. The maximum absolute atomic E-state index is 13.2. The van der Waals surface area contributed by atoms with Gasteiger partial charge in [-0.3, -0.25) is 19.2 Å². The predicted molar refractivity (Wildman–Crippen MR) is 124 cm³/mol. The van der Waals surface area contributed by atoms with Crippen LogP contribution in [0.25, 0.3) is 0 Å². The summed E-state index contributed by atoms with van der Waals surface area (Å²) >= 11 is 0. The largest absolute Gasteiger partial charge is 0.481 e. The van der Waals surface area contributed by atoms with E-state index in [1.165, 1.54) is 0 Å². The summed E-state index contributed by atoms with van der Waals surface area (Å²) in [5.74, 6) is -2.32. The molecule has 194 valence electrons. The van der Waals surface area contributed by atoms with Crippen LogP contribution < -0.4 is 5.73 Å². The molecular formula is C26H37NO8. The number of nitrogens with two attached hydrogens (primary N) is 1. The number of aliphatic hydroxyl groups excluding tert-OH is 1. The van der Waals surface area contributed by atoms with Crippen LogP contribution in [0.3, 0.4) is 0 Å². The summed E-state index contributed by atoms with van der Waals surface area (Å²) in [6, 6.07) is -1.16. The average molecular weight is 492 g/mol. The van der Waals surface area contributed by atoms with E-state index in [9.17, 15) is 29.4 Å². The second-order valence-corrected chi connectivity index (χ2v) is 11.5. The zero-order valence-electron chi connectivity index (χ0n) is 20.5. The molecule has 4 rings (SSSR count). The quantitative estimate of drug-likeness (QED) is 0.386. The number of ketones is 2. The van der Waals surface area contributed by atoms with E-state index in [1.54, 1.807) is 6.08 Å². The lowest BCUT2D eigenvalue weighted by molar-refractivity contribution is -0.184. The van der Waals surface area contributed by atoms with E-state index in [2.05, 4.69) is 6.92 Å². The maximum Gasteiger partial charge on any atom is 0.323 e. The van der Waals surface area contributed by atoms with Crippen molar-refractivity contribution in [2.24, 2.45) is 34.3 Å². The third kappa shape index (κ3) is 4.15. The lowest BCUT2D eigenvalue weighted by Gasteiger charge is -2.60. The highest BCUT2D eigenvalue weighted by molar-refractivity contribution is 5.92. The van der Waals surface area contributed by atoms with Crippen molar-refractivity contribution in [3.8, 4) is 0 Å². The van der Waals surface area contributed by atoms with Crippen molar-refractivity contribution in [2.75, 3.05) is 6.61 Å². The molecule has 0 spiro atoms. The monoisotopic (exact) mass is 491 g/mol. The number of aliphatic carboxylic acids is 1. The molecule has 0 saturated heterocycles. The van der Waals surface area contributed by atoms with Crippen molar-refractivity contribution < 1.29 is 39.2 Å². The average Bonchev–Trinajstić information content (AvgIpc) is 3.06. The molecule has 3 saturated carbocycles. The molecule has 4 aliphatic rings. The predicted octanol–water partition coefficient (Wildman–Crippen LogP) is 1.52. The maximum atomic E-state index is 13.2. The molecule has 0 unspecified atom stereocenters. The second-order valence-electron chi connectivity index (χ2n) is 11.5. The Morgan fingerprint density at radius 1 is 1.20 bits per heavy atom. The fourth-order valence-corrected chi connectivity index (χ4v) is 7.91. The first-order valence-corrected chi connectivity index (χ1v) is 12.6. The summed E-state index contributed by atoms with van der Waals surface area (Å²) < 4.78 is 5.06. The number of esters is 1. The highest BCUT2D eigenvalue weighted by Crippen LogP contribution is 2.67. The molecular weight excluding hydrogens is 454 g/mol. The van der Waals surface area contributed by atoms with Crippen molar-refractivity contribution in [3.63, 3.8) is 0 Å². The highest BCUT2D eigenvalue weighted by atomic mass is 16.5. The lowest BCUT2D eigenvalue weighted by Crippen LogP contribution is -2.62. The first-order chi connectivity index (χ1) is 16.3. The van der Waals surface area contributed by atoms with Crippen LogP contribution in [0.5, 0.6) is 0 Å². The normalized spacial score (nSPS) is 41.2. The van der Waals surface area contributed by atoms with Gasteiger partial charge in [0, 0.05) is 18.3 Å². The summed E-state index contributed by atoms with van der Waals surface area (Å²) in [4.78, 5) is 48.1. The molecule has 4 aliphatic carbocycles. The van der Waals surface area contributed by atoms with Crippen molar-refractivity contribution in [2.45, 2.75) is 89.4 Å². The number of hydrogen-bond donors (Lipinski definition) is 4. The SMILES string of the molecule is C[C@@]12CCC(=O)C=C1CC[C@@H]1[C@@H]2[C@H](O)C[C@]2(C)[C@@H]1CC[C@]2(O)C(=O)COC(=O)[C@H](N)CCC(=O)O. The van der Waals surface area contributed by atoms with Gasteiger partial charge in [-0.2, -0.15) is 0 Å². The Balaban J connectivity index is 1.49. The van der Waals surface area contributed by atoms with E-state index in [1.807, 2.05) is 6.92 Å². The summed E-state index contributed by atoms with van der Waals surface area (Å²) in [6.45, 7) is 3.36. The van der Waals surface area contributed by atoms with E-state index in [-0.39, 0.29) is 54.6 Å². The van der Waals surface area contributed by atoms with Crippen LogP contribution in [-0.2, 0) is 23.9 Å². The Hall–Kier alpha value is -2.10. The van der Waals surface area contributed by atoms with Crippen LogP contribution in [-0.4, -0.2) is 63.2 Å². The van der Waals surface area contributed by atoms with Crippen LogP contribution in [0.4, 0.5) is 0 Å². The summed E-state index contributed by atoms with van der Waals surface area (Å²) in [7, 11) is 0. The number of aliphatic hydroxyl groups is 2. The Morgan fingerprint density at radius 3 is 2.60 bits per heavy atom. The zero-order valence-corrected chi connectivity index (χ0v) is 20.5. The van der Waals surface area contributed by atoms with E-state index < -0.39 is 47.5 Å². The molecule has 0 heterocycles. The number of rotatable bonds is 7. The molecule has 0 aromatic rings. The number of hydrogen-bond acceptors (Lipinski definition) is 8. The van der Waals surface area contributed by atoms with Crippen LogP contribution in [0.2, 0.25) is 0 Å². The summed E-state index contributed by atoms with van der Waals surface area (Å²) in [5, 5.41) is 31.8. The minimum atomic E-state index is -1.74. The topological polar surface area (TPSA) is 164 Å². The van der Waals surface area contributed by atoms with Gasteiger partial charge in [0.1, 0.15) is 11.6 Å². The van der Waals surface area contributed by atoms with Gasteiger partial charge in [-0.15, -0.1) is 0 Å². The first-order valence-electron chi connectivity index (χ1n) is 12.6. The number of carboxylic acid groups (broad SMARTS) is 1. The van der Waals surface area contributed by atoms with Crippen molar-refractivity contribution >= 4 is 23.5 Å². The van der Waals surface area contributed by atoms with Crippen molar-refractivity contribution in [1.82, 2.24) is 0 Å². The number of allylic oxidation sites excluding steroid dienone is 1. The number of carboxylic acids is 1. The smallest absolute Gasteiger partial charge is 0.323 e. The van der Waals surface area contributed by atoms with E-state index in [0.29, 0.717) is 19.3 Å². The fourth-order valence-electron chi connectivity index (χ4n) is 7.91. The van der Waals surface area contributed by atoms with Crippen molar-refractivity contribution in [3.05, 3.63) is 11.6 Å². The first kappa shape index (κ1) is 26.0. The van der Waals surface area contributed by atoms with Gasteiger partial charge in [-0.1, -0.05) is 19.4 Å². The van der Waals surface area contributed by atoms with E-state index in [0.717, 1.165) is 18.4 Å². The van der Waals surface area contributed by atoms with Crippen LogP contribution in [0.1, 0.15) is 71.6 Å².